The first kappa shape index (κ1) is 17.8. The number of anilines is 1. The van der Waals surface area contributed by atoms with Gasteiger partial charge in [0.2, 0.25) is 5.91 Å². The van der Waals surface area contributed by atoms with Gasteiger partial charge in [0.15, 0.2) is 5.13 Å². The van der Waals surface area contributed by atoms with E-state index in [1.54, 1.807) is 34.5 Å². The van der Waals surface area contributed by atoms with Gasteiger partial charge in [0, 0.05) is 35.0 Å². The van der Waals surface area contributed by atoms with Crippen LogP contribution >= 0.6 is 11.3 Å². The third-order valence-electron chi connectivity index (χ3n) is 3.96. The van der Waals surface area contributed by atoms with Gasteiger partial charge in [-0.2, -0.15) is 5.10 Å². The van der Waals surface area contributed by atoms with Gasteiger partial charge in [-0.1, -0.05) is 18.2 Å². The number of para-hydroxylation sites is 1. The van der Waals surface area contributed by atoms with Crippen molar-refractivity contribution in [1.29, 1.82) is 0 Å². The lowest BCUT2D eigenvalue weighted by Crippen LogP contribution is -2.07. The molecule has 0 atom stereocenters. The van der Waals surface area contributed by atoms with Gasteiger partial charge >= 0.3 is 0 Å². The molecule has 4 aromatic rings. The van der Waals surface area contributed by atoms with Crippen molar-refractivity contribution in [3.63, 3.8) is 0 Å². The number of halogens is 1. The van der Waals surface area contributed by atoms with Crippen LogP contribution in [-0.4, -0.2) is 20.7 Å². The SMILES string of the molecule is O=C(/C=C/c1cn(-c2ccccc2)nc1-c1ccc(F)cc1)Nc1nccs1. The van der Waals surface area contributed by atoms with Crippen LogP contribution in [0, 0.1) is 5.82 Å². The summed E-state index contributed by atoms with van der Waals surface area (Å²) in [6.07, 6.45) is 6.58. The van der Waals surface area contributed by atoms with Crippen molar-refractivity contribution >= 4 is 28.5 Å². The molecule has 0 aliphatic heterocycles. The van der Waals surface area contributed by atoms with Gasteiger partial charge in [-0.15, -0.1) is 11.3 Å². The van der Waals surface area contributed by atoms with Gasteiger partial charge in [-0.25, -0.2) is 14.1 Å². The zero-order valence-electron chi connectivity index (χ0n) is 14.6. The van der Waals surface area contributed by atoms with Crippen molar-refractivity contribution in [3.05, 3.63) is 89.8 Å². The van der Waals surface area contributed by atoms with E-state index in [-0.39, 0.29) is 11.7 Å². The molecule has 0 saturated heterocycles. The molecule has 2 aromatic carbocycles. The van der Waals surface area contributed by atoms with E-state index >= 15 is 0 Å². The maximum Gasteiger partial charge on any atom is 0.250 e. The van der Waals surface area contributed by atoms with Crippen LogP contribution in [0.1, 0.15) is 5.56 Å². The fourth-order valence-corrected chi connectivity index (χ4v) is 3.18. The van der Waals surface area contributed by atoms with E-state index in [0.29, 0.717) is 10.8 Å². The standard InChI is InChI=1S/C21H15FN4OS/c22-17-9-6-15(7-10-17)20-16(8-11-19(27)24-21-23-12-13-28-21)14-26(25-20)18-4-2-1-3-5-18/h1-14H,(H,23,24,27)/b11-8+. The summed E-state index contributed by atoms with van der Waals surface area (Å²) in [6, 6.07) is 15.8. The molecule has 5 nitrogen and oxygen atoms in total. The summed E-state index contributed by atoms with van der Waals surface area (Å²) in [6.45, 7) is 0. The molecule has 0 bridgehead atoms. The molecule has 0 radical (unpaired) electrons. The highest BCUT2D eigenvalue weighted by Crippen LogP contribution is 2.25. The average Bonchev–Trinajstić information content (AvgIpc) is 3.38. The number of thiazole rings is 1. The first-order chi connectivity index (χ1) is 13.7. The van der Waals surface area contributed by atoms with E-state index in [1.807, 2.05) is 36.5 Å². The molecule has 28 heavy (non-hydrogen) atoms. The maximum atomic E-state index is 13.3. The number of carbonyl (C=O) groups is 1. The first-order valence-corrected chi connectivity index (χ1v) is 9.36. The Morgan fingerprint density at radius 2 is 1.89 bits per heavy atom. The van der Waals surface area contributed by atoms with Crippen LogP contribution in [0.4, 0.5) is 9.52 Å². The van der Waals surface area contributed by atoms with Gasteiger partial charge in [-0.05, 0) is 42.5 Å². The number of benzene rings is 2. The molecule has 2 heterocycles. The predicted molar refractivity (Wildman–Crippen MR) is 109 cm³/mol. The Morgan fingerprint density at radius 3 is 2.61 bits per heavy atom. The Hall–Kier alpha value is -3.58. The zero-order chi connectivity index (χ0) is 19.3. The Labute approximate surface area is 164 Å². The molecule has 1 amide bonds. The number of aromatic nitrogens is 3. The fourth-order valence-electron chi connectivity index (χ4n) is 2.65. The van der Waals surface area contributed by atoms with Crippen LogP contribution in [-0.2, 0) is 4.79 Å². The van der Waals surface area contributed by atoms with E-state index in [1.165, 1.54) is 29.5 Å². The molecule has 0 fully saturated rings. The van der Waals surface area contributed by atoms with Crippen molar-refractivity contribution in [1.82, 2.24) is 14.8 Å². The normalized spacial score (nSPS) is 11.0. The molecule has 4 rings (SSSR count). The summed E-state index contributed by atoms with van der Waals surface area (Å²) in [5.41, 5.74) is 3.04. The predicted octanol–water partition coefficient (Wildman–Crippen LogP) is 4.79. The molecule has 0 aliphatic carbocycles. The molecule has 138 valence electrons. The number of amides is 1. The Balaban J connectivity index is 1.67. The summed E-state index contributed by atoms with van der Waals surface area (Å²) < 4.78 is 15.0. The average molecular weight is 390 g/mol. The lowest BCUT2D eigenvalue weighted by Gasteiger charge is -2.00. The maximum absolute atomic E-state index is 13.3. The monoisotopic (exact) mass is 390 g/mol. The van der Waals surface area contributed by atoms with Gasteiger partial charge in [0.25, 0.3) is 0 Å². The Kier molecular flexibility index (Phi) is 5.07. The van der Waals surface area contributed by atoms with E-state index in [4.69, 9.17) is 0 Å². The van der Waals surface area contributed by atoms with Crippen LogP contribution in [0.15, 0.2) is 78.4 Å². The second-order valence-corrected chi connectivity index (χ2v) is 6.77. The van der Waals surface area contributed by atoms with Gasteiger partial charge in [0.1, 0.15) is 5.82 Å². The Morgan fingerprint density at radius 1 is 1.11 bits per heavy atom. The minimum Gasteiger partial charge on any atom is -0.298 e. The summed E-state index contributed by atoms with van der Waals surface area (Å²) in [5, 5.41) is 9.66. The van der Waals surface area contributed by atoms with Crippen LogP contribution < -0.4 is 5.32 Å². The van der Waals surface area contributed by atoms with Gasteiger partial charge in [0.05, 0.1) is 11.4 Å². The quantitative estimate of drug-likeness (QED) is 0.499. The van der Waals surface area contributed by atoms with Crippen LogP contribution in [0.2, 0.25) is 0 Å². The van der Waals surface area contributed by atoms with Crippen molar-refractivity contribution in [2.45, 2.75) is 0 Å². The second-order valence-electron chi connectivity index (χ2n) is 5.88. The number of nitrogens with one attached hydrogen (secondary N) is 1. The molecule has 0 unspecified atom stereocenters. The van der Waals surface area contributed by atoms with E-state index in [2.05, 4.69) is 15.4 Å². The van der Waals surface area contributed by atoms with Gasteiger partial charge < -0.3 is 0 Å². The summed E-state index contributed by atoms with van der Waals surface area (Å²) in [4.78, 5) is 16.2. The largest absolute Gasteiger partial charge is 0.298 e. The minimum atomic E-state index is -0.314. The molecular weight excluding hydrogens is 375 g/mol. The topological polar surface area (TPSA) is 59.8 Å². The number of hydrogen-bond acceptors (Lipinski definition) is 4. The fraction of sp³-hybridized carbons (Fsp3) is 0. The van der Waals surface area contributed by atoms with Crippen molar-refractivity contribution in [2.75, 3.05) is 5.32 Å². The highest BCUT2D eigenvalue weighted by molar-refractivity contribution is 7.13. The third kappa shape index (κ3) is 4.05. The minimum absolute atomic E-state index is 0.285. The summed E-state index contributed by atoms with van der Waals surface area (Å²) >= 11 is 1.35. The van der Waals surface area contributed by atoms with E-state index < -0.39 is 0 Å². The Bertz CT molecular complexity index is 1100. The third-order valence-corrected chi connectivity index (χ3v) is 4.65. The molecule has 0 aliphatic rings. The highest BCUT2D eigenvalue weighted by atomic mass is 32.1. The molecule has 1 N–H and O–H groups in total. The molecule has 2 aromatic heterocycles. The first-order valence-electron chi connectivity index (χ1n) is 8.48. The number of rotatable bonds is 5. The lowest BCUT2D eigenvalue weighted by atomic mass is 10.1. The number of hydrogen-bond donors (Lipinski definition) is 1. The van der Waals surface area contributed by atoms with Crippen molar-refractivity contribution in [2.24, 2.45) is 0 Å². The molecule has 0 spiro atoms. The van der Waals surface area contributed by atoms with Crippen molar-refractivity contribution < 1.29 is 9.18 Å². The summed E-state index contributed by atoms with van der Waals surface area (Å²) in [7, 11) is 0. The summed E-state index contributed by atoms with van der Waals surface area (Å²) in [5.74, 6) is -0.598. The second kappa shape index (κ2) is 7.98. The smallest absolute Gasteiger partial charge is 0.250 e. The van der Waals surface area contributed by atoms with Crippen molar-refractivity contribution in [3.8, 4) is 16.9 Å². The zero-order valence-corrected chi connectivity index (χ0v) is 15.4. The van der Waals surface area contributed by atoms with Gasteiger partial charge in [-0.3, -0.25) is 10.1 Å². The van der Waals surface area contributed by atoms with Crippen LogP contribution in [0.3, 0.4) is 0 Å². The highest BCUT2D eigenvalue weighted by Gasteiger charge is 2.11. The number of carbonyl (C=O) groups excluding carboxylic acids is 1. The molecule has 7 heteroatoms. The van der Waals surface area contributed by atoms with E-state index in [0.717, 1.165) is 16.8 Å². The molecular formula is C21H15FN4OS. The van der Waals surface area contributed by atoms with E-state index in [9.17, 15) is 9.18 Å². The number of nitrogens with zero attached hydrogens (tertiary/aromatic N) is 3. The van der Waals surface area contributed by atoms with Crippen LogP contribution in [0.25, 0.3) is 23.0 Å². The van der Waals surface area contributed by atoms with Crippen LogP contribution in [0.5, 0.6) is 0 Å². The molecule has 0 saturated carbocycles. The lowest BCUT2D eigenvalue weighted by molar-refractivity contribution is -0.111.